The number of nitrogens with zero attached hydrogens (tertiary/aromatic N) is 2. The van der Waals surface area contributed by atoms with E-state index in [9.17, 15) is 9.59 Å². The van der Waals surface area contributed by atoms with Crippen LogP contribution in [0.2, 0.25) is 5.02 Å². The van der Waals surface area contributed by atoms with E-state index < -0.39 is 5.92 Å². The van der Waals surface area contributed by atoms with E-state index in [4.69, 9.17) is 11.6 Å². The molecule has 2 atom stereocenters. The van der Waals surface area contributed by atoms with Gasteiger partial charge in [0.05, 0.1) is 12.0 Å². The Labute approximate surface area is 142 Å². The maximum absolute atomic E-state index is 12.6. The highest BCUT2D eigenvalue weighted by atomic mass is 35.5. The van der Waals surface area contributed by atoms with Crippen molar-refractivity contribution >= 4 is 23.4 Å². The van der Waals surface area contributed by atoms with Gasteiger partial charge in [0.1, 0.15) is 0 Å². The van der Waals surface area contributed by atoms with E-state index in [-0.39, 0.29) is 24.3 Å². The summed E-state index contributed by atoms with van der Waals surface area (Å²) in [5.74, 6) is -0.476. The number of nitrogens with one attached hydrogen (secondary N) is 1. The van der Waals surface area contributed by atoms with Gasteiger partial charge in [0, 0.05) is 31.1 Å². The average molecular weight is 338 g/mol. The van der Waals surface area contributed by atoms with Crippen molar-refractivity contribution in [3.8, 4) is 0 Å². The van der Waals surface area contributed by atoms with E-state index in [1.165, 1.54) is 0 Å². The molecule has 1 fully saturated rings. The number of carbonyl (C=O) groups is 2. The molecule has 0 spiro atoms. The van der Waals surface area contributed by atoms with E-state index in [1.807, 2.05) is 44.1 Å². The summed E-state index contributed by atoms with van der Waals surface area (Å²) in [6.07, 6.45) is 0.234. The predicted octanol–water partition coefficient (Wildman–Crippen LogP) is 1.93. The number of hydrogen-bond acceptors (Lipinski definition) is 3. The molecule has 6 heteroatoms. The Bertz CT molecular complexity index is 577. The molecular formula is C17H24ClN3O2. The first-order chi connectivity index (χ1) is 11.0. The van der Waals surface area contributed by atoms with Crippen LogP contribution in [0.3, 0.4) is 0 Å². The Morgan fingerprint density at radius 1 is 1.39 bits per heavy atom. The van der Waals surface area contributed by atoms with Gasteiger partial charge in [-0.15, -0.1) is 0 Å². The fourth-order valence-corrected chi connectivity index (χ4v) is 3.28. The van der Waals surface area contributed by atoms with Gasteiger partial charge in [-0.05, 0) is 32.6 Å². The van der Waals surface area contributed by atoms with Gasteiger partial charge >= 0.3 is 0 Å². The summed E-state index contributed by atoms with van der Waals surface area (Å²) in [6, 6.07) is 7.15. The molecule has 1 heterocycles. The van der Waals surface area contributed by atoms with Crippen LogP contribution < -0.4 is 5.32 Å². The van der Waals surface area contributed by atoms with Gasteiger partial charge in [-0.25, -0.2) is 0 Å². The fourth-order valence-electron chi connectivity index (χ4n) is 3.03. The standard InChI is InChI=1S/C17H24ClN3O2/c1-4-21-15(22)11-13(17(23)19-9-10-20(2)3)16(21)12-7-5-6-8-14(12)18/h5-8,13,16H,4,9-11H2,1-3H3,(H,19,23)/t13-,16+/m1/s1. The van der Waals surface area contributed by atoms with Crippen LogP contribution in [0.25, 0.3) is 0 Å². The second-order valence-corrected chi connectivity index (χ2v) is 6.46. The molecule has 23 heavy (non-hydrogen) atoms. The van der Waals surface area contributed by atoms with Gasteiger partial charge in [-0.3, -0.25) is 9.59 Å². The monoisotopic (exact) mass is 337 g/mol. The summed E-state index contributed by atoms with van der Waals surface area (Å²) >= 11 is 6.31. The topological polar surface area (TPSA) is 52.7 Å². The molecule has 1 aromatic carbocycles. The molecule has 1 aliphatic heterocycles. The minimum Gasteiger partial charge on any atom is -0.354 e. The van der Waals surface area contributed by atoms with Crippen LogP contribution >= 0.6 is 11.6 Å². The van der Waals surface area contributed by atoms with Gasteiger partial charge in [-0.2, -0.15) is 0 Å². The molecule has 0 aliphatic carbocycles. The van der Waals surface area contributed by atoms with Crippen LogP contribution in [0.4, 0.5) is 0 Å². The van der Waals surface area contributed by atoms with Gasteiger partial charge in [0.15, 0.2) is 0 Å². The fraction of sp³-hybridized carbons (Fsp3) is 0.529. The SMILES string of the molecule is CCN1C(=O)C[C@@H](C(=O)NCCN(C)C)[C@@H]1c1ccccc1Cl. The van der Waals surface area contributed by atoms with Gasteiger partial charge in [-0.1, -0.05) is 29.8 Å². The lowest BCUT2D eigenvalue weighted by Gasteiger charge is -2.28. The highest BCUT2D eigenvalue weighted by molar-refractivity contribution is 6.31. The number of likely N-dealkylation sites (N-methyl/N-ethyl adjacent to an activating group) is 1. The lowest BCUT2D eigenvalue weighted by molar-refractivity contribution is -0.129. The van der Waals surface area contributed by atoms with Crippen molar-refractivity contribution in [3.05, 3.63) is 34.9 Å². The first-order valence-electron chi connectivity index (χ1n) is 7.92. The number of hydrogen-bond donors (Lipinski definition) is 1. The van der Waals surface area contributed by atoms with Gasteiger partial charge < -0.3 is 15.1 Å². The number of rotatable bonds is 6. The average Bonchev–Trinajstić information content (AvgIpc) is 2.83. The Morgan fingerprint density at radius 3 is 2.70 bits per heavy atom. The quantitative estimate of drug-likeness (QED) is 0.863. The normalized spacial score (nSPS) is 21.1. The Balaban J connectivity index is 2.21. The molecule has 0 unspecified atom stereocenters. The zero-order valence-corrected chi connectivity index (χ0v) is 14.6. The third-order valence-corrected chi connectivity index (χ3v) is 4.54. The minimum absolute atomic E-state index is 0.00480. The summed E-state index contributed by atoms with van der Waals surface area (Å²) in [6.45, 7) is 3.82. The number of benzene rings is 1. The van der Waals surface area contributed by atoms with Crippen LogP contribution in [0.5, 0.6) is 0 Å². The Morgan fingerprint density at radius 2 is 2.09 bits per heavy atom. The molecule has 2 amide bonds. The first kappa shape index (κ1) is 17.8. The Hall–Kier alpha value is -1.59. The van der Waals surface area contributed by atoms with Crippen LogP contribution in [0, 0.1) is 5.92 Å². The maximum Gasteiger partial charge on any atom is 0.226 e. The van der Waals surface area contributed by atoms with Crippen molar-refractivity contribution in [2.45, 2.75) is 19.4 Å². The van der Waals surface area contributed by atoms with E-state index in [1.54, 1.807) is 11.0 Å². The van der Waals surface area contributed by atoms with E-state index >= 15 is 0 Å². The highest BCUT2D eigenvalue weighted by Gasteiger charge is 2.44. The van der Waals surface area contributed by atoms with Crippen LogP contribution in [0.1, 0.15) is 24.9 Å². The van der Waals surface area contributed by atoms with Crippen LogP contribution in [0.15, 0.2) is 24.3 Å². The lowest BCUT2D eigenvalue weighted by atomic mass is 9.92. The van der Waals surface area contributed by atoms with Crippen LogP contribution in [-0.2, 0) is 9.59 Å². The maximum atomic E-state index is 12.6. The molecule has 5 nitrogen and oxygen atoms in total. The summed E-state index contributed by atoms with van der Waals surface area (Å²) in [7, 11) is 3.91. The van der Waals surface area contributed by atoms with E-state index in [0.29, 0.717) is 18.1 Å². The summed E-state index contributed by atoms with van der Waals surface area (Å²) in [4.78, 5) is 28.6. The molecule has 1 aliphatic rings. The third-order valence-electron chi connectivity index (χ3n) is 4.19. The van der Waals surface area contributed by atoms with Crippen molar-refractivity contribution in [2.24, 2.45) is 5.92 Å². The predicted molar refractivity (Wildman–Crippen MR) is 91.3 cm³/mol. The molecular weight excluding hydrogens is 314 g/mol. The molecule has 0 radical (unpaired) electrons. The molecule has 2 rings (SSSR count). The largest absolute Gasteiger partial charge is 0.354 e. The highest BCUT2D eigenvalue weighted by Crippen LogP contribution is 2.40. The molecule has 1 saturated heterocycles. The molecule has 0 aromatic heterocycles. The van der Waals surface area contributed by atoms with Crippen LogP contribution in [-0.4, -0.2) is 55.3 Å². The second kappa shape index (κ2) is 7.79. The second-order valence-electron chi connectivity index (χ2n) is 6.05. The summed E-state index contributed by atoms with van der Waals surface area (Å²) < 4.78 is 0. The van der Waals surface area contributed by atoms with E-state index in [0.717, 1.165) is 12.1 Å². The van der Waals surface area contributed by atoms with Crippen molar-refractivity contribution in [2.75, 3.05) is 33.7 Å². The number of likely N-dealkylation sites (tertiary alicyclic amines) is 1. The third kappa shape index (κ3) is 4.03. The molecule has 1 aromatic rings. The number of carbonyl (C=O) groups excluding carboxylic acids is 2. The zero-order valence-electron chi connectivity index (χ0n) is 13.9. The van der Waals surface area contributed by atoms with Crippen molar-refractivity contribution in [1.82, 2.24) is 15.1 Å². The smallest absolute Gasteiger partial charge is 0.226 e. The summed E-state index contributed by atoms with van der Waals surface area (Å²) in [5.41, 5.74) is 0.842. The van der Waals surface area contributed by atoms with Gasteiger partial charge in [0.2, 0.25) is 11.8 Å². The van der Waals surface area contributed by atoms with Crippen molar-refractivity contribution in [3.63, 3.8) is 0 Å². The van der Waals surface area contributed by atoms with Crippen molar-refractivity contribution < 1.29 is 9.59 Å². The Kier molecular flexibility index (Phi) is 6.02. The number of halogens is 1. The lowest BCUT2D eigenvalue weighted by Crippen LogP contribution is -2.38. The minimum atomic E-state index is -0.399. The van der Waals surface area contributed by atoms with E-state index in [2.05, 4.69) is 5.32 Å². The van der Waals surface area contributed by atoms with Crippen molar-refractivity contribution in [1.29, 1.82) is 0 Å². The van der Waals surface area contributed by atoms with Gasteiger partial charge in [0.25, 0.3) is 0 Å². The summed E-state index contributed by atoms with van der Waals surface area (Å²) in [5, 5.41) is 3.53. The zero-order chi connectivity index (χ0) is 17.0. The number of amides is 2. The first-order valence-corrected chi connectivity index (χ1v) is 8.29. The molecule has 0 saturated carbocycles. The molecule has 126 valence electrons. The molecule has 1 N–H and O–H groups in total. The molecule has 0 bridgehead atoms.